The predicted octanol–water partition coefficient (Wildman–Crippen LogP) is 1.97. The minimum Gasteiger partial charge on any atom is -0.369 e. The average Bonchev–Trinajstić information content (AvgIpc) is 2.36. The van der Waals surface area contributed by atoms with Crippen molar-refractivity contribution in [3.8, 4) is 0 Å². The van der Waals surface area contributed by atoms with E-state index in [0.717, 1.165) is 18.9 Å². The Morgan fingerprint density at radius 3 is 2.92 bits per heavy atom. The summed E-state index contributed by atoms with van der Waals surface area (Å²) in [5, 5.41) is 3.17. The molecule has 68 valence electrons. The highest BCUT2D eigenvalue weighted by molar-refractivity contribution is 5.30. The number of rotatable bonds is 4. The predicted molar refractivity (Wildman–Crippen MR) is 51.2 cm³/mol. The molecule has 0 fully saturated rings. The third-order valence-electron chi connectivity index (χ3n) is 1.57. The van der Waals surface area contributed by atoms with Gasteiger partial charge in [-0.25, -0.2) is 4.98 Å². The lowest BCUT2D eigenvalue weighted by Crippen LogP contribution is -2.01. The van der Waals surface area contributed by atoms with E-state index in [2.05, 4.69) is 35.6 Å². The monoisotopic (exact) mass is 167 g/mol. The Bertz CT molecular complexity index is 227. The summed E-state index contributed by atoms with van der Waals surface area (Å²) < 4.78 is 2.11. The minimum absolute atomic E-state index is 0.675. The van der Waals surface area contributed by atoms with Crippen LogP contribution >= 0.6 is 0 Å². The summed E-state index contributed by atoms with van der Waals surface area (Å²) >= 11 is 0. The Hall–Kier alpha value is -0.990. The average molecular weight is 167 g/mol. The van der Waals surface area contributed by atoms with Gasteiger partial charge in [0.2, 0.25) is 0 Å². The number of aromatic nitrogens is 2. The molecule has 0 aliphatic heterocycles. The highest BCUT2D eigenvalue weighted by atomic mass is 15.1. The second-order valence-corrected chi connectivity index (χ2v) is 3.38. The first-order valence-corrected chi connectivity index (χ1v) is 4.48. The molecule has 0 unspecified atom stereocenters. The van der Waals surface area contributed by atoms with E-state index in [4.69, 9.17) is 0 Å². The van der Waals surface area contributed by atoms with Crippen LogP contribution in [0.1, 0.15) is 20.8 Å². The molecule has 1 rings (SSSR count). The van der Waals surface area contributed by atoms with Crippen LogP contribution in [0.2, 0.25) is 0 Å². The zero-order valence-electron chi connectivity index (χ0n) is 8.04. The molecule has 0 aromatic carbocycles. The van der Waals surface area contributed by atoms with Crippen molar-refractivity contribution in [3.05, 3.63) is 12.5 Å². The van der Waals surface area contributed by atoms with Gasteiger partial charge in [-0.2, -0.15) is 0 Å². The zero-order valence-corrected chi connectivity index (χ0v) is 8.04. The van der Waals surface area contributed by atoms with Crippen LogP contribution < -0.4 is 5.32 Å². The van der Waals surface area contributed by atoms with E-state index in [1.54, 1.807) is 0 Å². The summed E-state index contributed by atoms with van der Waals surface area (Å²) in [5.74, 6) is 1.65. The van der Waals surface area contributed by atoms with Crippen LogP contribution in [0.5, 0.6) is 0 Å². The van der Waals surface area contributed by atoms with E-state index in [0.29, 0.717) is 5.92 Å². The molecule has 3 heteroatoms. The van der Waals surface area contributed by atoms with Gasteiger partial charge >= 0.3 is 0 Å². The number of hydrogen-bond acceptors (Lipinski definition) is 2. The zero-order chi connectivity index (χ0) is 8.97. The van der Waals surface area contributed by atoms with Crippen LogP contribution in [0.4, 0.5) is 5.82 Å². The molecular weight excluding hydrogens is 150 g/mol. The molecular formula is C9H17N3. The van der Waals surface area contributed by atoms with Crippen molar-refractivity contribution in [2.24, 2.45) is 5.92 Å². The van der Waals surface area contributed by atoms with E-state index in [-0.39, 0.29) is 0 Å². The van der Waals surface area contributed by atoms with Crippen LogP contribution in [0, 0.1) is 5.92 Å². The summed E-state index contributed by atoms with van der Waals surface area (Å²) in [7, 11) is 0. The fraction of sp³-hybridized carbons (Fsp3) is 0.667. The van der Waals surface area contributed by atoms with Gasteiger partial charge in [-0.3, -0.25) is 0 Å². The van der Waals surface area contributed by atoms with Crippen LogP contribution in [-0.2, 0) is 6.54 Å². The Morgan fingerprint density at radius 2 is 2.33 bits per heavy atom. The molecule has 3 nitrogen and oxygen atoms in total. The first kappa shape index (κ1) is 9.10. The first-order valence-electron chi connectivity index (χ1n) is 4.48. The van der Waals surface area contributed by atoms with Crippen molar-refractivity contribution in [1.29, 1.82) is 0 Å². The summed E-state index contributed by atoms with van der Waals surface area (Å²) in [5.41, 5.74) is 0. The Labute approximate surface area is 73.8 Å². The quantitative estimate of drug-likeness (QED) is 0.743. The van der Waals surface area contributed by atoms with Crippen LogP contribution in [0.25, 0.3) is 0 Å². The van der Waals surface area contributed by atoms with Gasteiger partial charge in [-0.05, 0) is 12.8 Å². The maximum absolute atomic E-state index is 4.21. The molecule has 0 spiro atoms. The van der Waals surface area contributed by atoms with Crippen molar-refractivity contribution in [3.63, 3.8) is 0 Å². The van der Waals surface area contributed by atoms with Crippen molar-refractivity contribution < 1.29 is 0 Å². The molecule has 0 amide bonds. The van der Waals surface area contributed by atoms with E-state index in [9.17, 15) is 0 Å². The molecule has 1 heterocycles. The smallest absolute Gasteiger partial charge is 0.144 e. The number of imidazole rings is 1. The molecule has 0 aliphatic carbocycles. The standard InChI is InChI=1S/C9H17N3/c1-4-10-9-6-12(7-11-9)5-8(2)3/h6-8,10H,4-5H2,1-3H3. The molecule has 0 radical (unpaired) electrons. The van der Waals surface area contributed by atoms with Crippen molar-refractivity contribution in [2.75, 3.05) is 11.9 Å². The molecule has 0 saturated heterocycles. The molecule has 0 bridgehead atoms. The van der Waals surface area contributed by atoms with Gasteiger partial charge in [-0.15, -0.1) is 0 Å². The van der Waals surface area contributed by atoms with Crippen LogP contribution in [0.3, 0.4) is 0 Å². The molecule has 12 heavy (non-hydrogen) atoms. The van der Waals surface area contributed by atoms with Gasteiger partial charge in [0.15, 0.2) is 0 Å². The van der Waals surface area contributed by atoms with Crippen LogP contribution in [-0.4, -0.2) is 16.1 Å². The maximum atomic E-state index is 4.21. The van der Waals surface area contributed by atoms with E-state index in [1.807, 2.05) is 12.5 Å². The van der Waals surface area contributed by atoms with E-state index >= 15 is 0 Å². The van der Waals surface area contributed by atoms with Gasteiger partial charge in [0.05, 0.1) is 6.33 Å². The largest absolute Gasteiger partial charge is 0.369 e. The fourth-order valence-electron chi connectivity index (χ4n) is 1.15. The summed E-state index contributed by atoms with van der Waals surface area (Å²) in [6.07, 6.45) is 3.92. The lowest BCUT2D eigenvalue weighted by atomic mass is 10.2. The van der Waals surface area contributed by atoms with Crippen molar-refractivity contribution in [2.45, 2.75) is 27.3 Å². The second-order valence-electron chi connectivity index (χ2n) is 3.38. The van der Waals surface area contributed by atoms with Gasteiger partial charge < -0.3 is 9.88 Å². The highest BCUT2D eigenvalue weighted by Crippen LogP contribution is 2.04. The normalized spacial score (nSPS) is 10.7. The summed E-state index contributed by atoms with van der Waals surface area (Å²) in [6, 6.07) is 0. The lowest BCUT2D eigenvalue weighted by Gasteiger charge is -2.03. The first-order chi connectivity index (χ1) is 5.72. The summed E-state index contributed by atoms with van der Waals surface area (Å²) in [6.45, 7) is 8.44. The molecule has 0 atom stereocenters. The third kappa shape index (κ3) is 2.57. The minimum atomic E-state index is 0.675. The Kier molecular flexibility index (Phi) is 3.14. The van der Waals surface area contributed by atoms with Crippen molar-refractivity contribution >= 4 is 5.82 Å². The number of nitrogens with zero attached hydrogens (tertiary/aromatic N) is 2. The van der Waals surface area contributed by atoms with Gasteiger partial charge in [0, 0.05) is 19.3 Å². The van der Waals surface area contributed by atoms with Crippen LogP contribution in [0.15, 0.2) is 12.5 Å². The van der Waals surface area contributed by atoms with Crippen molar-refractivity contribution in [1.82, 2.24) is 9.55 Å². The molecule has 1 N–H and O–H groups in total. The van der Waals surface area contributed by atoms with Gasteiger partial charge in [0.25, 0.3) is 0 Å². The molecule has 1 aromatic heterocycles. The number of anilines is 1. The fourth-order valence-corrected chi connectivity index (χ4v) is 1.15. The Balaban J connectivity index is 2.52. The number of hydrogen-bond donors (Lipinski definition) is 1. The second kappa shape index (κ2) is 4.14. The highest BCUT2D eigenvalue weighted by Gasteiger charge is 1.98. The third-order valence-corrected chi connectivity index (χ3v) is 1.57. The maximum Gasteiger partial charge on any atom is 0.144 e. The van der Waals surface area contributed by atoms with E-state index in [1.165, 1.54) is 0 Å². The summed E-state index contributed by atoms with van der Waals surface area (Å²) in [4.78, 5) is 4.21. The van der Waals surface area contributed by atoms with E-state index < -0.39 is 0 Å². The molecule has 1 aromatic rings. The number of nitrogens with one attached hydrogen (secondary N) is 1. The molecule has 0 aliphatic rings. The van der Waals surface area contributed by atoms with Gasteiger partial charge in [-0.1, -0.05) is 13.8 Å². The molecule has 0 saturated carbocycles. The Morgan fingerprint density at radius 1 is 1.58 bits per heavy atom. The lowest BCUT2D eigenvalue weighted by molar-refractivity contribution is 0.523. The topological polar surface area (TPSA) is 29.9 Å². The SMILES string of the molecule is CCNc1cn(CC(C)C)cn1. The van der Waals surface area contributed by atoms with Gasteiger partial charge in [0.1, 0.15) is 5.82 Å².